The van der Waals surface area contributed by atoms with Crippen LogP contribution in [-0.2, 0) is 6.42 Å². The van der Waals surface area contributed by atoms with Gasteiger partial charge in [-0.3, -0.25) is 0 Å². The summed E-state index contributed by atoms with van der Waals surface area (Å²) in [4.78, 5) is 0. The number of benzene rings is 5. The van der Waals surface area contributed by atoms with Crippen molar-refractivity contribution in [3.05, 3.63) is 150 Å². The van der Waals surface area contributed by atoms with Crippen LogP contribution in [0.4, 0.5) is 0 Å². The Bertz CT molecular complexity index is 2760. The number of para-hydroxylation sites is 5. The monoisotopic (exact) mass is 613 g/mol. The smallest absolute Gasteiger partial charge is 0.134 e. The minimum Gasteiger partial charge on any atom is -0.459 e. The SMILES string of the molecule is N#CC1C=CC(n2c3ccccc3c3ccccc32)=C(c2ccccc2-n2c3c(c4ccccc42)-c2c(oc4ccccc24)CC#C3)C1. The molecule has 3 heterocycles. The van der Waals surface area contributed by atoms with Crippen molar-refractivity contribution in [1.82, 2.24) is 9.13 Å². The second kappa shape index (κ2) is 10.3. The molecule has 5 aromatic carbocycles. The fourth-order valence-electron chi connectivity index (χ4n) is 7.92. The largest absolute Gasteiger partial charge is 0.459 e. The molecule has 0 saturated heterocycles. The molecule has 0 fully saturated rings. The quantitative estimate of drug-likeness (QED) is 0.186. The lowest BCUT2D eigenvalue weighted by Gasteiger charge is -2.24. The zero-order valence-corrected chi connectivity index (χ0v) is 25.9. The Morgan fingerprint density at radius 2 is 1.29 bits per heavy atom. The Kier molecular flexibility index (Phi) is 5.71. The number of furan rings is 1. The molecule has 3 aromatic heterocycles. The van der Waals surface area contributed by atoms with Gasteiger partial charge >= 0.3 is 0 Å². The average Bonchev–Trinajstić information content (AvgIpc) is 3.74. The van der Waals surface area contributed by atoms with E-state index in [9.17, 15) is 5.26 Å². The maximum Gasteiger partial charge on any atom is 0.134 e. The molecule has 0 bridgehead atoms. The molecule has 0 spiro atoms. The first-order valence-electron chi connectivity index (χ1n) is 16.3. The predicted octanol–water partition coefficient (Wildman–Crippen LogP) is 10.5. The van der Waals surface area contributed by atoms with Crippen molar-refractivity contribution in [2.45, 2.75) is 12.8 Å². The summed E-state index contributed by atoms with van der Waals surface area (Å²) in [6.45, 7) is 0. The van der Waals surface area contributed by atoms with E-state index in [1.165, 1.54) is 10.8 Å². The summed E-state index contributed by atoms with van der Waals surface area (Å²) in [7, 11) is 0. The molecule has 0 saturated carbocycles. The van der Waals surface area contributed by atoms with E-state index in [2.05, 4.69) is 148 Å². The van der Waals surface area contributed by atoms with Crippen LogP contribution >= 0.6 is 0 Å². The van der Waals surface area contributed by atoms with Crippen LogP contribution in [0.1, 0.15) is 23.4 Å². The van der Waals surface area contributed by atoms with Gasteiger partial charge in [-0.05, 0) is 54.3 Å². The summed E-state index contributed by atoms with van der Waals surface area (Å²) in [5.74, 6) is 7.70. The molecule has 8 aromatic rings. The van der Waals surface area contributed by atoms with Crippen LogP contribution in [0, 0.1) is 29.1 Å². The zero-order chi connectivity index (χ0) is 31.8. The number of nitriles is 1. The highest BCUT2D eigenvalue weighted by molar-refractivity contribution is 6.13. The molecule has 224 valence electrons. The minimum atomic E-state index is -0.233. The molecule has 2 aliphatic carbocycles. The molecule has 4 nitrogen and oxygen atoms in total. The van der Waals surface area contributed by atoms with Gasteiger partial charge in [0.2, 0.25) is 0 Å². The highest BCUT2D eigenvalue weighted by Gasteiger charge is 2.29. The summed E-state index contributed by atoms with van der Waals surface area (Å²) < 4.78 is 11.1. The zero-order valence-electron chi connectivity index (χ0n) is 25.9. The van der Waals surface area contributed by atoms with Crippen LogP contribution in [0.3, 0.4) is 0 Å². The van der Waals surface area contributed by atoms with Crippen LogP contribution in [0.5, 0.6) is 0 Å². The molecule has 0 amide bonds. The Labute approximate surface area is 277 Å². The van der Waals surface area contributed by atoms with Gasteiger partial charge in [-0.15, -0.1) is 0 Å². The molecule has 48 heavy (non-hydrogen) atoms. The topological polar surface area (TPSA) is 46.8 Å². The lowest BCUT2D eigenvalue weighted by atomic mass is 9.87. The van der Waals surface area contributed by atoms with E-state index in [1.54, 1.807) is 0 Å². The van der Waals surface area contributed by atoms with Gasteiger partial charge in [0, 0.05) is 43.9 Å². The van der Waals surface area contributed by atoms with Crippen molar-refractivity contribution in [3.8, 4) is 34.7 Å². The molecule has 10 rings (SSSR count). The van der Waals surface area contributed by atoms with E-state index in [4.69, 9.17) is 4.42 Å². The molecule has 1 atom stereocenters. The predicted molar refractivity (Wildman–Crippen MR) is 194 cm³/mol. The molecule has 0 radical (unpaired) electrons. The highest BCUT2D eigenvalue weighted by Crippen LogP contribution is 2.46. The Hall–Kier alpha value is -6.49. The summed E-state index contributed by atoms with van der Waals surface area (Å²) >= 11 is 0. The van der Waals surface area contributed by atoms with E-state index in [1.807, 2.05) is 12.1 Å². The summed E-state index contributed by atoms with van der Waals surface area (Å²) in [6.07, 6.45) is 5.36. The van der Waals surface area contributed by atoms with E-state index in [0.29, 0.717) is 12.8 Å². The van der Waals surface area contributed by atoms with Crippen molar-refractivity contribution in [1.29, 1.82) is 5.26 Å². The van der Waals surface area contributed by atoms with Crippen LogP contribution in [-0.4, -0.2) is 9.13 Å². The van der Waals surface area contributed by atoms with Gasteiger partial charge in [0.25, 0.3) is 0 Å². The fraction of sp³-hybridized carbons (Fsp3) is 0.0682. The van der Waals surface area contributed by atoms with Crippen molar-refractivity contribution < 1.29 is 4.42 Å². The molecule has 1 unspecified atom stereocenters. The lowest BCUT2D eigenvalue weighted by Crippen LogP contribution is -2.10. The number of nitrogens with zero attached hydrogens (tertiary/aromatic N) is 3. The Morgan fingerprint density at radius 3 is 2.04 bits per heavy atom. The van der Waals surface area contributed by atoms with Crippen molar-refractivity contribution in [2.75, 3.05) is 0 Å². The Morgan fingerprint density at radius 1 is 0.667 bits per heavy atom. The summed E-state index contributed by atoms with van der Waals surface area (Å²) in [6, 6.07) is 45.2. The maximum absolute atomic E-state index is 10.2. The highest BCUT2D eigenvalue weighted by atomic mass is 16.3. The third-order valence-electron chi connectivity index (χ3n) is 9.93. The molecule has 0 N–H and O–H groups in total. The molecular weight excluding hydrogens is 587 g/mol. The van der Waals surface area contributed by atoms with Gasteiger partial charge in [0.05, 0.1) is 40.6 Å². The second-order valence-electron chi connectivity index (χ2n) is 12.5. The van der Waals surface area contributed by atoms with E-state index >= 15 is 0 Å². The molecular formula is C44H27N3O. The molecule has 2 aliphatic rings. The third kappa shape index (κ3) is 3.72. The average molecular weight is 614 g/mol. The molecule has 4 heteroatoms. The summed E-state index contributed by atoms with van der Waals surface area (Å²) in [5.41, 5.74) is 11.8. The van der Waals surface area contributed by atoms with Crippen molar-refractivity contribution in [2.24, 2.45) is 5.92 Å². The first-order chi connectivity index (χ1) is 23.8. The van der Waals surface area contributed by atoms with E-state index in [-0.39, 0.29) is 5.92 Å². The van der Waals surface area contributed by atoms with E-state index in [0.717, 1.165) is 78.0 Å². The van der Waals surface area contributed by atoms with Crippen LogP contribution in [0.15, 0.2) is 138 Å². The summed E-state index contributed by atoms with van der Waals surface area (Å²) in [5, 5.41) is 14.9. The van der Waals surface area contributed by atoms with E-state index < -0.39 is 0 Å². The second-order valence-corrected chi connectivity index (χ2v) is 12.5. The van der Waals surface area contributed by atoms with Crippen LogP contribution in [0.2, 0.25) is 0 Å². The number of rotatable bonds is 3. The van der Waals surface area contributed by atoms with Gasteiger partial charge in [0.1, 0.15) is 17.0 Å². The number of aromatic nitrogens is 2. The fourth-order valence-corrected chi connectivity index (χ4v) is 7.92. The minimum absolute atomic E-state index is 0.233. The maximum atomic E-state index is 10.2. The standard InChI is InChI=1S/C44H27N3O/c45-27-28-24-25-39(46-35-17-6-1-12-29(35)30-13-2-7-18-36(30)46)34(26-28)31-14-3-8-19-37(31)47-38-20-9-4-15-32(38)43-40(47)21-11-23-42-44(43)33-16-5-10-22-41(33)48-42/h1-10,12-20,22,24-25,28H,23,26H2. The number of hydrogen-bond donors (Lipinski definition) is 0. The molecule has 0 aliphatic heterocycles. The number of allylic oxidation sites excluding steroid dienone is 4. The number of fused-ring (bicyclic) bond motifs is 10. The van der Waals surface area contributed by atoms with Gasteiger partial charge in [-0.25, -0.2) is 0 Å². The normalized spacial score (nSPS) is 15.4. The van der Waals surface area contributed by atoms with Crippen molar-refractivity contribution in [3.63, 3.8) is 0 Å². The lowest BCUT2D eigenvalue weighted by molar-refractivity contribution is 0.569. The van der Waals surface area contributed by atoms with Gasteiger partial charge in [-0.2, -0.15) is 5.26 Å². The van der Waals surface area contributed by atoms with Gasteiger partial charge in [0.15, 0.2) is 0 Å². The van der Waals surface area contributed by atoms with Gasteiger partial charge in [-0.1, -0.05) is 103 Å². The number of hydrogen-bond acceptors (Lipinski definition) is 2. The van der Waals surface area contributed by atoms with Crippen molar-refractivity contribution >= 4 is 54.9 Å². The third-order valence-corrected chi connectivity index (χ3v) is 9.93. The first-order valence-corrected chi connectivity index (χ1v) is 16.3. The van der Waals surface area contributed by atoms with Crippen LogP contribution in [0.25, 0.3) is 71.8 Å². The Balaban J connectivity index is 1.30. The van der Waals surface area contributed by atoms with Crippen LogP contribution < -0.4 is 0 Å². The van der Waals surface area contributed by atoms with Gasteiger partial charge < -0.3 is 13.6 Å². The first kappa shape index (κ1) is 26.7.